The minimum atomic E-state index is -1.86. The van der Waals surface area contributed by atoms with Crippen molar-refractivity contribution >= 4 is 19.9 Å². The van der Waals surface area contributed by atoms with E-state index in [1.165, 1.54) is 66.8 Å². The van der Waals surface area contributed by atoms with Crippen molar-refractivity contribution in [3.63, 3.8) is 0 Å². The van der Waals surface area contributed by atoms with Crippen molar-refractivity contribution in [3.05, 3.63) is 188 Å². The quantitative estimate of drug-likeness (QED) is 0.0611. The Morgan fingerprint density at radius 1 is 0.468 bits per heavy atom. The first kappa shape index (κ1) is 64.6. The van der Waals surface area contributed by atoms with Crippen molar-refractivity contribution in [2.75, 3.05) is 0 Å². The van der Waals surface area contributed by atoms with Gasteiger partial charge >= 0.3 is 0 Å². The van der Waals surface area contributed by atoms with Crippen LogP contribution in [0.1, 0.15) is 219 Å². The van der Waals surface area contributed by atoms with Gasteiger partial charge in [-0.05, 0) is 200 Å². The summed E-state index contributed by atoms with van der Waals surface area (Å²) in [7, 11) is -1.86. The molecule has 6 aromatic carbocycles. The molecule has 0 spiro atoms. The van der Waals surface area contributed by atoms with Crippen molar-refractivity contribution in [1.29, 1.82) is 0 Å². The highest BCUT2D eigenvalue weighted by molar-refractivity contribution is 6.74. The van der Waals surface area contributed by atoms with Crippen LogP contribution in [0.3, 0.4) is 0 Å². The van der Waals surface area contributed by atoms with Crippen LogP contribution >= 0.6 is 0 Å². The molecule has 0 saturated carbocycles. The molecular weight excluding hydrogens is 981 g/mol. The van der Waals surface area contributed by atoms with Gasteiger partial charge < -0.3 is 9.53 Å². The summed E-state index contributed by atoms with van der Waals surface area (Å²) in [5.74, 6) is 0.195. The van der Waals surface area contributed by atoms with Crippen molar-refractivity contribution in [2.45, 2.75) is 224 Å². The Morgan fingerprint density at radius 2 is 0.797 bits per heavy atom. The molecule has 0 aliphatic carbocycles. The van der Waals surface area contributed by atoms with Gasteiger partial charge in [-0.15, -0.1) is 0 Å². The van der Waals surface area contributed by atoms with Crippen LogP contribution in [0.25, 0.3) is 22.3 Å². The van der Waals surface area contributed by atoms with Gasteiger partial charge in [0.25, 0.3) is 0 Å². The summed E-state index contributed by atoms with van der Waals surface area (Å²) in [6.45, 7) is 46.3. The molecule has 0 amide bonds. The monoisotopic (exact) mass is 1080 g/mol. The first-order valence-corrected chi connectivity index (χ1v) is 32.7. The summed E-state index contributed by atoms with van der Waals surface area (Å²) in [5, 5.41) is 10.7. The van der Waals surface area contributed by atoms with E-state index in [0.29, 0.717) is 0 Å². The van der Waals surface area contributed by atoms with Gasteiger partial charge in [-0.25, -0.2) is 0 Å². The molecule has 0 aliphatic heterocycles. The second-order valence-electron chi connectivity index (χ2n) is 26.9. The molecule has 0 heterocycles. The van der Waals surface area contributed by atoms with Crippen molar-refractivity contribution < 1.29 is 19.1 Å². The van der Waals surface area contributed by atoms with Crippen LogP contribution in [0, 0.1) is 38.5 Å². The lowest BCUT2D eigenvalue weighted by molar-refractivity contribution is 0.0559. The number of hydrogen-bond acceptors (Lipinski definition) is 4. The van der Waals surface area contributed by atoms with E-state index in [-0.39, 0.29) is 50.5 Å². The van der Waals surface area contributed by atoms with Crippen molar-refractivity contribution in [3.8, 4) is 22.3 Å². The maximum atomic E-state index is 11.7. The SMILES string of the molecule is CCC(CC)(c1ccc(CCC(O)C(C)(C)C)c(C)c1)c1ccc(-c2ccc(C(C)=O)cc2)c(C)c1.CCC(CC)(c1ccc(CCC(O[Si](C)(C)C(C)(C)C)C(C)(C)C)c(C)c1)c1ccc(-c2ccc(C(C)=O)cc2)c(C)c1. The van der Waals surface area contributed by atoms with E-state index < -0.39 is 8.32 Å². The molecule has 0 fully saturated rings. The highest BCUT2D eigenvalue weighted by atomic mass is 28.4. The average molecular weight is 1080 g/mol. The highest BCUT2D eigenvalue weighted by Crippen LogP contribution is 2.45. The summed E-state index contributed by atoms with van der Waals surface area (Å²) in [5.41, 5.74) is 19.6. The van der Waals surface area contributed by atoms with Gasteiger partial charge in [0.1, 0.15) is 0 Å². The third kappa shape index (κ3) is 15.2. The number of ketones is 2. The molecule has 0 aliphatic rings. The number of aliphatic hydroxyl groups excluding tert-OH is 1. The number of hydrogen-bond donors (Lipinski definition) is 1. The normalized spacial score (nSPS) is 13.4. The van der Waals surface area contributed by atoms with E-state index in [1.54, 1.807) is 13.8 Å². The summed E-state index contributed by atoms with van der Waals surface area (Å²) in [6.07, 6.45) is 7.81. The zero-order valence-electron chi connectivity index (χ0n) is 53.0. The van der Waals surface area contributed by atoms with E-state index >= 15 is 0 Å². The van der Waals surface area contributed by atoms with E-state index in [2.05, 4.69) is 216 Å². The van der Waals surface area contributed by atoms with Gasteiger partial charge in [-0.3, -0.25) is 9.59 Å². The summed E-state index contributed by atoms with van der Waals surface area (Å²) in [6, 6.07) is 43.9. The fourth-order valence-electron chi connectivity index (χ4n) is 11.6. The zero-order chi connectivity index (χ0) is 59.1. The molecule has 6 rings (SSSR count). The maximum Gasteiger partial charge on any atom is 0.192 e. The fraction of sp³-hybridized carbons (Fsp3) is 0.486. The fourth-order valence-corrected chi connectivity index (χ4v) is 13.1. The minimum absolute atomic E-state index is 0.0372. The summed E-state index contributed by atoms with van der Waals surface area (Å²) in [4.78, 5) is 23.4. The Morgan fingerprint density at radius 3 is 1.08 bits per heavy atom. The van der Waals surface area contributed by atoms with Gasteiger partial charge in [0, 0.05) is 22.0 Å². The summed E-state index contributed by atoms with van der Waals surface area (Å²) < 4.78 is 6.99. The molecule has 0 bridgehead atoms. The van der Waals surface area contributed by atoms with Crippen LogP contribution in [-0.4, -0.2) is 37.2 Å². The van der Waals surface area contributed by atoms with Crippen LogP contribution in [0.15, 0.2) is 121 Å². The number of aryl methyl sites for hydroxylation is 6. The Hall–Kier alpha value is -5.20. The average Bonchev–Trinajstić information content (AvgIpc) is 3.45. The molecule has 1 N–H and O–H groups in total. The van der Waals surface area contributed by atoms with E-state index in [9.17, 15) is 14.7 Å². The van der Waals surface area contributed by atoms with Gasteiger partial charge in [0.05, 0.1) is 12.2 Å². The lowest BCUT2D eigenvalue weighted by atomic mass is 9.69. The van der Waals surface area contributed by atoms with E-state index in [0.717, 1.165) is 73.6 Å². The topological polar surface area (TPSA) is 63.6 Å². The maximum absolute atomic E-state index is 11.7. The summed E-state index contributed by atoms with van der Waals surface area (Å²) >= 11 is 0. The smallest absolute Gasteiger partial charge is 0.192 e. The van der Waals surface area contributed by atoms with Crippen LogP contribution in [0.2, 0.25) is 18.1 Å². The third-order valence-corrected chi connectivity index (χ3v) is 23.0. The van der Waals surface area contributed by atoms with Crippen LogP contribution < -0.4 is 0 Å². The predicted octanol–water partition coefficient (Wildman–Crippen LogP) is 20.3. The van der Waals surface area contributed by atoms with Crippen molar-refractivity contribution in [1.82, 2.24) is 0 Å². The van der Waals surface area contributed by atoms with Crippen LogP contribution in [0.5, 0.6) is 0 Å². The Bertz CT molecular complexity index is 3000. The molecule has 79 heavy (non-hydrogen) atoms. The Labute approximate surface area is 481 Å². The number of carbonyl (C=O) groups excluding carboxylic acids is 2. The van der Waals surface area contributed by atoms with Gasteiger partial charge in [-0.2, -0.15) is 0 Å². The first-order chi connectivity index (χ1) is 36.8. The predicted molar refractivity (Wildman–Crippen MR) is 342 cm³/mol. The standard InChI is InChI=1S/C40H58O2Si.C34H44O2/c1-14-40(15-2,35-23-24-36(29(4)27-35)33-18-16-32(17-19-33)30(5)41)34-22-20-31(28(3)26-34)21-25-37(38(6,7)8)42-43(12,13)39(9,10)11;1-9-34(10-2,29-17-15-26(23(3)21-29)16-20-32(36)33(6,7)8)30-18-19-31(24(4)22-30)28-13-11-27(12-14-28)25(5)35/h16-20,22-24,26-27,37H,14-15,21,25H2,1-13H3;11-15,17-19,21-22,32,36H,9-10,16,20H2,1-8H3. The van der Waals surface area contributed by atoms with Gasteiger partial charge in [0.2, 0.25) is 0 Å². The molecule has 426 valence electrons. The Kier molecular flexibility index (Phi) is 21.4. The van der Waals surface area contributed by atoms with Gasteiger partial charge in [-0.1, -0.05) is 211 Å². The highest BCUT2D eigenvalue weighted by Gasteiger charge is 2.42. The third-order valence-electron chi connectivity index (χ3n) is 18.5. The van der Waals surface area contributed by atoms with E-state index in [4.69, 9.17) is 4.43 Å². The molecule has 5 heteroatoms. The molecule has 4 nitrogen and oxygen atoms in total. The first-order valence-electron chi connectivity index (χ1n) is 29.8. The number of aliphatic hydroxyl groups is 1. The number of Topliss-reactive ketones (excluding diaryl/α,β-unsaturated/α-hetero) is 2. The second kappa shape index (κ2) is 26.1. The Balaban J connectivity index is 0.000000295. The zero-order valence-corrected chi connectivity index (χ0v) is 54.0. The molecule has 0 saturated heterocycles. The molecule has 0 aromatic heterocycles. The number of carbonyl (C=O) groups is 2. The minimum Gasteiger partial charge on any atom is -0.413 e. The molecule has 0 radical (unpaired) electrons. The van der Waals surface area contributed by atoms with Crippen LogP contribution in [-0.2, 0) is 28.1 Å². The number of benzene rings is 6. The van der Waals surface area contributed by atoms with Crippen molar-refractivity contribution in [2.24, 2.45) is 10.8 Å². The van der Waals surface area contributed by atoms with Gasteiger partial charge in [0.15, 0.2) is 19.9 Å². The number of rotatable bonds is 20. The van der Waals surface area contributed by atoms with E-state index in [1.807, 2.05) is 36.4 Å². The molecular formula is C74H102O4Si. The lowest BCUT2D eigenvalue weighted by Crippen LogP contribution is -2.47. The molecule has 2 atom stereocenters. The second-order valence-corrected chi connectivity index (χ2v) is 31.6. The molecule has 2 unspecified atom stereocenters. The van der Waals surface area contributed by atoms with Crippen LogP contribution in [0.4, 0.5) is 0 Å². The molecule has 6 aromatic rings. The largest absolute Gasteiger partial charge is 0.413 e. The lowest BCUT2D eigenvalue weighted by Gasteiger charge is -2.43.